The Kier molecular flexibility index (Phi) is 5.57. The maximum atomic E-state index is 12.7. The fourth-order valence-corrected chi connectivity index (χ4v) is 3.61. The average molecular weight is 440 g/mol. The van der Waals surface area contributed by atoms with Crippen molar-refractivity contribution < 1.29 is 17.9 Å². The topological polar surface area (TPSA) is 87.0 Å². The maximum Gasteiger partial charge on any atom is 0.573 e. The zero-order valence-electron chi connectivity index (χ0n) is 17.4. The van der Waals surface area contributed by atoms with Crippen molar-refractivity contribution >= 4 is 17.2 Å². The fourth-order valence-electron chi connectivity index (χ4n) is 3.61. The molecule has 2 aromatic heterocycles. The summed E-state index contributed by atoms with van der Waals surface area (Å²) in [6.07, 6.45) is -2.51. The number of nitriles is 1. The van der Waals surface area contributed by atoms with E-state index in [1.54, 1.807) is 12.3 Å². The molecule has 0 bridgehead atoms. The van der Waals surface area contributed by atoms with Gasteiger partial charge < -0.3 is 15.0 Å². The zero-order chi connectivity index (χ0) is 22.9. The number of hydrogen-bond donors (Lipinski definition) is 1. The first-order valence-electron chi connectivity index (χ1n) is 9.83. The van der Waals surface area contributed by atoms with E-state index in [1.165, 1.54) is 18.2 Å². The van der Waals surface area contributed by atoms with Crippen LogP contribution in [0.4, 0.5) is 30.4 Å². The molecule has 1 aliphatic rings. The molecule has 10 heteroatoms. The molecule has 1 aliphatic heterocycles. The van der Waals surface area contributed by atoms with E-state index in [4.69, 9.17) is 5.26 Å². The van der Waals surface area contributed by atoms with Crippen LogP contribution >= 0.6 is 0 Å². The van der Waals surface area contributed by atoms with Gasteiger partial charge in [0.25, 0.3) is 0 Å². The Morgan fingerprint density at radius 1 is 1.16 bits per heavy atom. The number of nitrogens with one attached hydrogen (secondary N) is 1. The van der Waals surface area contributed by atoms with E-state index in [0.717, 1.165) is 22.4 Å². The van der Waals surface area contributed by atoms with Gasteiger partial charge in [0.05, 0.1) is 17.6 Å². The quantitative estimate of drug-likeness (QED) is 0.636. The first-order valence-corrected chi connectivity index (χ1v) is 9.83. The molecular formula is C22H19F3N6O. The van der Waals surface area contributed by atoms with Crippen molar-refractivity contribution in [3.05, 3.63) is 64.6 Å². The number of alkyl halides is 3. The minimum absolute atomic E-state index is 0.184. The third kappa shape index (κ3) is 4.42. The molecule has 0 saturated heterocycles. The van der Waals surface area contributed by atoms with Gasteiger partial charge >= 0.3 is 6.36 Å². The number of ether oxygens (including phenoxy) is 1. The Hall–Kier alpha value is -3.87. The molecule has 1 aromatic carbocycles. The molecule has 3 aromatic rings. The van der Waals surface area contributed by atoms with Gasteiger partial charge in [0.2, 0.25) is 0 Å². The van der Waals surface area contributed by atoms with Gasteiger partial charge in [-0.25, -0.2) is 0 Å². The predicted octanol–water partition coefficient (Wildman–Crippen LogP) is 4.57. The highest BCUT2D eigenvalue weighted by Gasteiger charge is 2.32. The van der Waals surface area contributed by atoms with Gasteiger partial charge in [0, 0.05) is 25.2 Å². The van der Waals surface area contributed by atoms with Crippen molar-refractivity contribution in [2.45, 2.75) is 33.2 Å². The van der Waals surface area contributed by atoms with E-state index in [9.17, 15) is 13.2 Å². The lowest BCUT2D eigenvalue weighted by Crippen LogP contribution is -2.32. The molecule has 1 N–H and O–H groups in total. The molecule has 0 atom stereocenters. The van der Waals surface area contributed by atoms with Crippen LogP contribution in [0.5, 0.6) is 5.75 Å². The molecule has 0 amide bonds. The molecule has 3 heterocycles. The van der Waals surface area contributed by atoms with E-state index < -0.39 is 6.36 Å². The summed E-state index contributed by atoms with van der Waals surface area (Å²) >= 11 is 0. The molecule has 0 unspecified atom stereocenters. The van der Waals surface area contributed by atoms with Gasteiger partial charge in [-0.05, 0) is 48.7 Å². The van der Waals surface area contributed by atoms with Crippen LogP contribution in [0.2, 0.25) is 0 Å². The molecule has 32 heavy (non-hydrogen) atoms. The number of hydrogen-bond acceptors (Lipinski definition) is 7. The molecular weight excluding hydrogens is 421 g/mol. The van der Waals surface area contributed by atoms with Crippen molar-refractivity contribution in [3.8, 4) is 11.8 Å². The van der Waals surface area contributed by atoms with Crippen LogP contribution in [0.15, 0.2) is 36.5 Å². The van der Waals surface area contributed by atoms with E-state index in [0.29, 0.717) is 36.7 Å². The summed E-state index contributed by atoms with van der Waals surface area (Å²) in [7, 11) is 0. The second-order valence-corrected chi connectivity index (χ2v) is 7.40. The van der Waals surface area contributed by atoms with E-state index >= 15 is 0 Å². The van der Waals surface area contributed by atoms with E-state index in [2.05, 4.69) is 30.1 Å². The van der Waals surface area contributed by atoms with Crippen molar-refractivity contribution in [1.82, 2.24) is 15.2 Å². The Morgan fingerprint density at radius 2 is 1.94 bits per heavy atom. The first-order chi connectivity index (χ1) is 15.2. The highest BCUT2D eigenvalue weighted by atomic mass is 19.4. The first kappa shape index (κ1) is 21.4. The number of fused-ring (bicyclic) bond motifs is 1. The third-order valence-corrected chi connectivity index (χ3v) is 5.33. The number of para-hydroxylation sites is 2. The number of pyridine rings is 1. The average Bonchev–Trinajstić information content (AvgIpc) is 2.75. The molecule has 0 saturated carbocycles. The maximum absolute atomic E-state index is 12.7. The molecule has 0 radical (unpaired) electrons. The minimum Gasteiger partial charge on any atom is -0.404 e. The van der Waals surface area contributed by atoms with Gasteiger partial charge in [0.1, 0.15) is 6.07 Å². The summed E-state index contributed by atoms with van der Waals surface area (Å²) < 4.78 is 42.2. The van der Waals surface area contributed by atoms with Gasteiger partial charge in [-0.2, -0.15) is 5.26 Å². The van der Waals surface area contributed by atoms with E-state index in [1.807, 2.05) is 26.0 Å². The Balaban J connectivity index is 1.58. The van der Waals surface area contributed by atoms with Crippen LogP contribution in [-0.2, 0) is 13.0 Å². The molecule has 0 spiro atoms. The van der Waals surface area contributed by atoms with Crippen LogP contribution in [0.3, 0.4) is 0 Å². The summed E-state index contributed by atoms with van der Waals surface area (Å²) in [5.41, 5.74) is 4.56. The van der Waals surface area contributed by atoms with Gasteiger partial charge in [-0.15, -0.1) is 23.4 Å². The minimum atomic E-state index is -4.79. The SMILES string of the molecule is Cc1c(C#N)nnc(N2CCc3ncc(Nc4ccccc4OC(F)(F)F)cc3C2)c1C. The summed E-state index contributed by atoms with van der Waals surface area (Å²) in [6, 6.07) is 9.74. The Labute approximate surface area is 182 Å². The lowest BCUT2D eigenvalue weighted by atomic mass is 10.0. The van der Waals surface area contributed by atoms with Crippen LogP contribution < -0.4 is 15.0 Å². The lowest BCUT2D eigenvalue weighted by Gasteiger charge is -2.30. The summed E-state index contributed by atoms with van der Waals surface area (Å²) in [5, 5.41) is 20.4. The fraction of sp³-hybridized carbons (Fsp3) is 0.273. The smallest absolute Gasteiger partial charge is 0.404 e. The van der Waals surface area contributed by atoms with Crippen molar-refractivity contribution in [2.75, 3.05) is 16.8 Å². The highest BCUT2D eigenvalue weighted by molar-refractivity contribution is 5.66. The van der Waals surface area contributed by atoms with Crippen molar-refractivity contribution in [2.24, 2.45) is 0 Å². The van der Waals surface area contributed by atoms with Crippen LogP contribution in [0.1, 0.15) is 28.1 Å². The summed E-state index contributed by atoms with van der Waals surface area (Å²) in [4.78, 5) is 6.54. The standard InChI is InChI=1S/C22H19F3N6O/c1-13-14(2)21(30-29-19(13)10-26)31-8-7-17-15(12-31)9-16(11-27-17)28-18-5-3-4-6-20(18)32-22(23,24)25/h3-6,9,11,28H,7-8,12H2,1-2H3. The number of aromatic nitrogens is 3. The molecule has 4 rings (SSSR count). The number of anilines is 3. The van der Waals surface area contributed by atoms with Crippen molar-refractivity contribution in [1.29, 1.82) is 5.26 Å². The molecule has 164 valence electrons. The van der Waals surface area contributed by atoms with Crippen LogP contribution in [0.25, 0.3) is 0 Å². The van der Waals surface area contributed by atoms with Crippen molar-refractivity contribution in [3.63, 3.8) is 0 Å². The largest absolute Gasteiger partial charge is 0.573 e. The number of rotatable bonds is 4. The van der Waals surface area contributed by atoms with Crippen LogP contribution in [0, 0.1) is 25.2 Å². The normalized spacial score (nSPS) is 13.3. The third-order valence-electron chi connectivity index (χ3n) is 5.33. The molecule has 0 fully saturated rings. The Morgan fingerprint density at radius 3 is 2.69 bits per heavy atom. The van der Waals surface area contributed by atoms with E-state index in [-0.39, 0.29) is 11.4 Å². The zero-order valence-corrected chi connectivity index (χ0v) is 17.4. The van der Waals surface area contributed by atoms with Crippen LogP contribution in [-0.4, -0.2) is 28.1 Å². The monoisotopic (exact) mass is 440 g/mol. The number of halogens is 3. The predicted molar refractivity (Wildman–Crippen MR) is 112 cm³/mol. The van der Waals surface area contributed by atoms with Gasteiger partial charge in [0.15, 0.2) is 17.3 Å². The van der Waals surface area contributed by atoms with Gasteiger partial charge in [-0.3, -0.25) is 4.98 Å². The Bertz CT molecular complexity index is 1210. The summed E-state index contributed by atoms with van der Waals surface area (Å²) in [6.45, 7) is 4.95. The number of nitrogens with zero attached hydrogens (tertiary/aromatic N) is 5. The molecule has 7 nitrogen and oxygen atoms in total. The second kappa shape index (κ2) is 8.34. The second-order valence-electron chi connectivity index (χ2n) is 7.40. The lowest BCUT2D eigenvalue weighted by molar-refractivity contribution is -0.274. The summed E-state index contributed by atoms with van der Waals surface area (Å²) in [5.74, 6) is 0.382. The highest BCUT2D eigenvalue weighted by Crippen LogP contribution is 2.33. The van der Waals surface area contributed by atoms with Gasteiger partial charge in [-0.1, -0.05) is 12.1 Å². The molecule has 0 aliphatic carbocycles. The number of benzene rings is 1.